The molecule has 0 saturated heterocycles. The highest BCUT2D eigenvalue weighted by atomic mass is 35.5. The molecule has 0 aliphatic rings. The van der Waals surface area contributed by atoms with Gasteiger partial charge >= 0.3 is 0 Å². The number of para-hydroxylation sites is 2. The number of aryl methyl sites for hydroxylation is 2. The average Bonchev–Trinajstić information content (AvgIpc) is 3.23. The molecule has 8 nitrogen and oxygen atoms in total. The standard InChI is InChI=1S/C26H25ClN4O4S/c1-4-8-17-14-21(32)31-22(24(33)30-19-9-6-7-10-20(19)35-5-2)23(36-26(31)28-17)25(34)29-18-12-11-16(27)13-15(18)3/h6-7,9-14H,4-5,8H2,1-3H3,(H,29,34)(H,30,33). The molecule has 186 valence electrons. The number of thiazole rings is 1. The average molecular weight is 525 g/mol. The minimum atomic E-state index is -0.626. The third-order valence-corrected chi connectivity index (χ3v) is 6.65. The van der Waals surface area contributed by atoms with Crippen molar-refractivity contribution in [3.05, 3.63) is 85.7 Å². The SMILES string of the molecule is CCCc1cc(=O)n2c(C(=O)Nc3ccccc3OCC)c(C(=O)Nc3ccc(Cl)cc3C)sc2n1. The van der Waals surface area contributed by atoms with E-state index in [1.165, 1.54) is 10.5 Å². The molecule has 4 rings (SSSR count). The largest absolute Gasteiger partial charge is 0.492 e. The van der Waals surface area contributed by atoms with Crippen LogP contribution < -0.4 is 20.9 Å². The van der Waals surface area contributed by atoms with Crippen LogP contribution in [-0.4, -0.2) is 27.8 Å². The van der Waals surface area contributed by atoms with Gasteiger partial charge in [0.1, 0.15) is 16.3 Å². The van der Waals surface area contributed by atoms with Crippen LogP contribution in [0.2, 0.25) is 5.02 Å². The van der Waals surface area contributed by atoms with Gasteiger partial charge in [0.25, 0.3) is 17.4 Å². The van der Waals surface area contributed by atoms with E-state index in [0.717, 1.165) is 23.3 Å². The monoisotopic (exact) mass is 524 g/mol. The summed E-state index contributed by atoms with van der Waals surface area (Å²) in [6.45, 7) is 6.05. The molecule has 0 atom stereocenters. The predicted octanol–water partition coefficient (Wildman–Crippen LogP) is 5.57. The molecule has 2 heterocycles. The Labute approximate surface area is 216 Å². The Morgan fingerprint density at radius 1 is 1.06 bits per heavy atom. The van der Waals surface area contributed by atoms with Crippen molar-refractivity contribution in [2.75, 3.05) is 17.2 Å². The van der Waals surface area contributed by atoms with Crippen LogP contribution in [0.4, 0.5) is 11.4 Å². The van der Waals surface area contributed by atoms with E-state index < -0.39 is 17.4 Å². The van der Waals surface area contributed by atoms with Crippen LogP contribution >= 0.6 is 22.9 Å². The van der Waals surface area contributed by atoms with E-state index in [0.29, 0.717) is 40.9 Å². The molecular formula is C26H25ClN4O4S. The van der Waals surface area contributed by atoms with Crippen LogP contribution in [0.1, 0.15) is 51.7 Å². The Morgan fingerprint density at radius 2 is 1.81 bits per heavy atom. The lowest BCUT2D eigenvalue weighted by atomic mass is 10.2. The molecule has 2 N–H and O–H groups in total. The van der Waals surface area contributed by atoms with Crippen LogP contribution in [0.3, 0.4) is 0 Å². The van der Waals surface area contributed by atoms with Gasteiger partial charge in [-0.25, -0.2) is 9.38 Å². The first-order valence-corrected chi connectivity index (χ1v) is 12.7. The first-order valence-electron chi connectivity index (χ1n) is 11.5. The summed E-state index contributed by atoms with van der Waals surface area (Å²) < 4.78 is 6.79. The zero-order valence-corrected chi connectivity index (χ0v) is 21.6. The number of aromatic nitrogens is 2. The summed E-state index contributed by atoms with van der Waals surface area (Å²) in [7, 11) is 0. The molecule has 0 aliphatic carbocycles. The number of carbonyl (C=O) groups excluding carboxylic acids is 2. The summed E-state index contributed by atoms with van der Waals surface area (Å²) in [6.07, 6.45) is 1.41. The fourth-order valence-electron chi connectivity index (χ4n) is 3.74. The Hall–Kier alpha value is -3.69. The minimum Gasteiger partial charge on any atom is -0.492 e. The Bertz CT molecular complexity index is 1510. The molecule has 0 fully saturated rings. The van der Waals surface area contributed by atoms with Crippen molar-refractivity contribution in [2.24, 2.45) is 0 Å². The highest BCUT2D eigenvalue weighted by molar-refractivity contribution is 7.19. The van der Waals surface area contributed by atoms with Crippen LogP contribution in [0, 0.1) is 6.92 Å². The highest BCUT2D eigenvalue weighted by Crippen LogP contribution is 2.28. The Balaban J connectivity index is 1.81. The molecule has 0 unspecified atom stereocenters. The third kappa shape index (κ3) is 5.27. The smallest absolute Gasteiger partial charge is 0.274 e. The van der Waals surface area contributed by atoms with Gasteiger partial charge in [-0.15, -0.1) is 0 Å². The van der Waals surface area contributed by atoms with Gasteiger partial charge in [0, 0.05) is 22.5 Å². The fourth-order valence-corrected chi connectivity index (χ4v) is 5.01. The number of benzene rings is 2. The van der Waals surface area contributed by atoms with Crippen molar-refractivity contribution < 1.29 is 14.3 Å². The summed E-state index contributed by atoms with van der Waals surface area (Å²) in [5.41, 5.74) is 1.82. The first kappa shape index (κ1) is 25.4. The number of carbonyl (C=O) groups is 2. The number of hydrogen-bond acceptors (Lipinski definition) is 6. The summed E-state index contributed by atoms with van der Waals surface area (Å²) in [4.78, 5) is 44.9. The van der Waals surface area contributed by atoms with E-state index in [9.17, 15) is 14.4 Å². The van der Waals surface area contributed by atoms with E-state index in [2.05, 4.69) is 15.6 Å². The molecular weight excluding hydrogens is 500 g/mol. The number of fused-ring (bicyclic) bond motifs is 1. The van der Waals surface area contributed by atoms with E-state index in [4.69, 9.17) is 16.3 Å². The van der Waals surface area contributed by atoms with Crippen LogP contribution in [0.25, 0.3) is 4.96 Å². The van der Waals surface area contributed by atoms with Crippen molar-refractivity contribution in [3.63, 3.8) is 0 Å². The second-order valence-electron chi connectivity index (χ2n) is 8.03. The van der Waals surface area contributed by atoms with Gasteiger partial charge in [-0.2, -0.15) is 0 Å². The maximum absolute atomic E-state index is 13.6. The number of hydrogen-bond donors (Lipinski definition) is 2. The van der Waals surface area contributed by atoms with Gasteiger partial charge in [-0.05, 0) is 56.2 Å². The van der Waals surface area contributed by atoms with Gasteiger partial charge in [0.05, 0.1) is 12.3 Å². The summed E-state index contributed by atoms with van der Waals surface area (Å²) in [5, 5.41) is 6.16. The number of rotatable bonds is 8. The van der Waals surface area contributed by atoms with Gasteiger partial charge in [0.15, 0.2) is 4.96 Å². The zero-order valence-electron chi connectivity index (χ0n) is 20.1. The lowest BCUT2D eigenvalue weighted by Crippen LogP contribution is -2.25. The van der Waals surface area contributed by atoms with Gasteiger partial charge in [-0.1, -0.05) is 48.4 Å². The molecule has 0 aliphatic heterocycles. The number of halogens is 1. The zero-order chi connectivity index (χ0) is 25.8. The maximum atomic E-state index is 13.6. The van der Waals surface area contributed by atoms with Gasteiger partial charge in [0.2, 0.25) is 0 Å². The minimum absolute atomic E-state index is 0.0639. The molecule has 2 amide bonds. The van der Waals surface area contributed by atoms with Crippen molar-refractivity contribution >= 4 is 51.1 Å². The lowest BCUT2D eigenvalue weighted by Gasteiger charge is -2.12. The van der Waals surface area contributed by atoms with Crippen LogP contribution in [-0.2, 0) is 6.42 Å². The Morgan fingerprint density at radius 3 is 2.53 bits per heavy atom. The summed E-state index contributed by atoms with van der Waals surface area (Å²) >= 11 is 7.03. The first-order chi connectivity index (χ1) is 17.3. The van der Waals surface area contributed by atoms with Crippen molar-refractivity contribution in [1.29, 1.82) is 0 Å². The number of nitrogens with one attached hydrogen (secondary N) is 2. The molecule has 4 aromatic rings. The number of nitrogens with zero attached hydrogens (tertiary/aromatic N) is 2. The van der Waals surface area contributed by atoms with Crippen molar-refractivity contribution in [1.82, 2.24) is 9.38 Å². The third-order valence-electron chi connectivity index (χ3n) is 5.37. The molecule has 10 heteroatoms. The highest BCUT2D eigenvalue weighted by Gasteiger charge is 2.27. The molecule has 2 aromatic heterocycles. The van der Waals surface area contributed by atoms with Crippen LogP contribution in [0.5, 0.6) is 5.75 Å². The number of amides is 2. The van der Waals surface area contributed by atoms with Crippen molar-refractivity contribution in [3.8, 4) is 5.75 Å². The second kappa shape index (κ2) is 10.9. The molecule has 0 radical (unpaired) electrons. The normalized spacial score (nSPS) is 10.9. The summed E-state index contributed by atoms with van der Waals surface area (Å²) in [6, 6.07) is 13.4. The van der Waals surface area contributed by atoms with E-state index in [-0.39, 0.29) is 15.5 Å². The van der Waals surface area contributed by atoms with Gasteiger partial charge < -0.3 is 15.4 Å². The maximum Gasteiger partial charge on any atom is 0.274 e. The Kier molecular flexibility index (Phi) is 7.71. The number of ether oxygens (including phenoxy) is 1. The second-order valence-corrected chi connectivity index (χ2v) is 9.44. The number of anilines is 2. The van der Waals surface area contributed by atoms with Gasteiger partial charge in [-0.3, -0.25) is 14.4 Å². The fraction of sp³-hybridized carbons (Fsp3) is 0.231. The van der Waals surface area contributed by atoms with E-state index in [1.54, 1.807) is 42.5 Å². The predicted molar refractivity (Wildman–Crippen MR) is 143 cm³/mol. The van der Waals surface area contributed by atoms with E-state index >= 15 is 0 Å². The molecule has 0 bridgehead atoms. The van der Waals surface area contributed by atoms with Crippen LogP contribution in [0.15, 0.2) is 53.3 Å². The molecule has 0 spiro atoms. The topological polar surface area (TPSA) is 102 Å². The summed E-state index contributed by atoms with van der Waals surface area (Å²) in [5.74, 6) is -0.680. The van der Waals surface area contributed by atoms with Crippen molar-refractivity contribution in [2.45, 2.75) is 33.6 Å². The molecule has 36 heavy (non-hydrogen) atoms. The quantitative estimate of drug-likeness (QED) is 0.313. The molecule has 2 aromatic carbocycles. The lowest BCUT2D eigenvalue weighted by molar-refractivity contribution is 0.0989. The van der Waals surface area contributed by atoms with E-state index in [1.807, 2.05) is 20.8 Å². The molecule has 0 saturated carbocycles.